The van der Waals surface area contributed by atoms with Gasteiger partial charge in [-0.15, -0.1) is 0 Å². The molecule has 1 rings (SSSR count). The van der Waals surface area contributed by atoms with E-state index in [2.05, 4.69) is 18.8 Å². The minimum absolute atomic E-state index is 0.772. The highest BCUT2D eigenvalue weighted by atomic mass is 16.7. The van der Waals surface area contributed by atoms with Crippen LogP contribution in [0.1, 0.15) is 31.7 Å². The summed E-state index contributed by atoms with van der Waals surface area (Å²) < 4.78 is 10.8. The first-order valence-corrected chi connectivity index (χ1v) is 5.95. The fraction of sp³-hybridized carbons (Fsp3) is 0.467. The molecule has 0 saturated heterocycles. The number of hydrogen-bond acceptors (Lipinski definition) is 2. The molecule has 2 nitrogen and oxygen atoms in total. The molecule has 0 amide bonds. The number of rotatable bonds is 5. The molecule has 1 aromatic carbocycles. The predicted molar refractivity (Wildman–Crippen MR) is 69.6 cm³/mol. The van der Waals surface area contributed by atoms with Gasteiger partial charge in [0.25, 0.3) is 0 Å². The Morgan fingerprint density at radius 3 is 2.29 bits per heavy atom. The number of unbranched alkanes of at least 4 members (excludes halogenated alkanes) is 1. The lowest BCUT2D eigenvalue weighted by Gasteiger charge is -2.24. The van der Waals surface area contributed by atoms with Gasteiger partial charge in [-0.3, -0.25) is 0 Å². The lowest BCUT2D eigenvalue weighted by atomic mass is 10.1. The summed E-state index contributed by atoms with van der Waals surface area (Å²) in [6.45, 7) is 2.14. The summed E-state index contributed by atoms with van der Waals surface area (Å²) in [6.07, 6.45) is 2.92. The first-order valence-electron chi connectivity index (χ1n) is 5.95. The fourth-order valence-electron chi connectivity index (χ4n) is 1.55. The van der Waals surface area contributed by atoms with Crippen LogP contribution in [0.5, 0.6) is 0 Å². The van der Waals surface area contributed by atoms with Gasteiger partial charge in [0.2, 0.25) is 5.79 Å². The number of ether oxygens (including phenoxy) is 2. The van der Waals surface area contributed by atoms with Crippen LogP contribution in [-0.4, -0.2) is 20.0 Å². The van der Waals surface area contributed by atoms with E-state index in [1.807, 2.05) is 30.3 Å². The van der Waals surface area contributed by atoms with Crippen LogP contribution in [0.25, 0.3) is 0 Å². The van der Waals surface area contributed by atoms with Crippen molar-refractivity contribution < 1.29 is 9.47 Å². The lowest BCUT2D eigenvalue weighted by Crippen LogP contribution is -2.31. The first kappa shape index (κ1) is 13.8. The Balaban J connectivity index is 2.82. The molecule has 0 heterocycles. The van der Waals surface area contributed by atoms with Gasteiger partial charge in [-0.25, -0.2) is 0 Å². The maximum absolute atomic E-state index is 5.42. The van der Waals surface area contributed by atoms with E-state index in [-0.39, 0.29) is 0 Å². The molecule has 0 saturated carbocycles. The van der Waals surface area contributed by atoms with Gasteiger partial charge in [0.15, 0.2) is 0 Å². The highest BCUT2D eigenvalue weighted by molar-refractivity contribution is 5.35. The Morgan fingerprint density at radius 2 is 1.76 bits per heavy atom. The molecule has 0 unspecified atom stereocenters. The summed E-state index contributed by atoms with van der Waals surface area (Å²) in [6, 6.07) is 9.86. The Hall–Kier alpha value is -1.30. The van der Waals surface area contributed by atoms with Gasteiger partial charge in [-0.2, -0.15) is 0 Å². The van der Waals surface area contributed by atoms with Crippen LogP contribution >= 0.6 is 0 Å². The van der Waals surface area contributed by atoms with Crippen molar-refractivity contribution in [2.24, 2.45) is 0 Å². The fourth-order valence-corrected chi connectivity index (χ4v) is 1.55. The highest BCUT2D eigenvalue weighted by Gasteiger charge is 2.25. The van der Waals surface area contributed by atoms with E-state index >= 15 is 0 Å². The smallest absolute Gasteiger partial charge is 0.233 e. The molecule has 17 heavy (non-hydrogen) atoms. The van der Waals surface area contributed by atoms with Gasteiger partial charge < -0.3 is 9.47 Å². The molecule has 0 radical (unpaired) electrons. The zero-order valence-corrected chi connectivity index (χ0v) is 10.8. The van der Waals surface area contributed by atoms with E-state index < -0.39 is 5.79 Å². The summed E-state index contributed by atoms with van der Waals surface area (Å²) in [7, 11) is 3.28. The normalized spacial score (nSPS) is 10.8. The Kier molecular flexibility index (Phi) is 5.76. The highest BCUT2D eigenvalue weighted by Crippen LogP contribution is 2.18. The van der Waals surface area contributed by atoms with Crippen molar-refractivity contribution in [2.45, 2.75) is 32.0 Å². The molecule has 0 spiro atoms. The lowest BCUT2D eigenvalue weighted by molar-refractivity contribution is -0.167. The second-order valence-corrected chi connectivity index (χ2v) is 3.88. The predicted octanol–water partition coefficient (Wildman–Crippen LogP) is 3.22. The average molecular weight is 232 g/mol. The molecule has 0 aliphatic carbocycles. The maximum atomic E-state index is 5.42. The quantitative estimate of drug-likeness (QED) is 0.573. The van der Waals surface area contributed by atoms with Gasteiger partial charge in [0.1, 0.15) is 0 Å². The zero-order valence-electron chi connectivity index (χ0n) is 10.8. The van der Waals surface area contributed by atoms with Crippen LogP contribution in [-0.2, 0) is 9.47 Å². The number of hydrogen-bond donors (Lipinski definition) is 0. The molecule has 1 aromatic rings. The largest absolute Gasteiger partial charge is 0.343 e. The van der Waals surface area contributed by atoms with Crippen molar-refractivity contribution in [3.63, 3.8) is 0 Å². The van der Waals surface area contributed by atoms with Gasteiger partial charge in [0.05, 0.1) is 0 Å². The Labute approximate surface area is 104 Å². The Morgan fingerprint density at radius 1 is 1.12 bits per heavy atom. The molecule has 0 N–H and O–H groups in total. The van der Waals surface area contributed by atoms with E-state index in [1.54, 1.807) is 14.2 Å². The van der Waals surface area contributed by atoms with Crippen molar-refractivity contribution in [1.82, 2.24) is 0 Å². The van der Waals surface area contributed by atoms with Gasteiger partial charge >= 0.3 is 0 Å². The maximum Gasteiger partial charge on any atom is 0.233 e. The van der Waals surface area contributed by atoms with Gasteiger partial charge in [-0.05, 0) is 24.5 Å². The summed E-state index contributed by atoms with van der Waals surface area (Å²) in [5.41, 5.74) is 0.975. The molecular formula is C15H20O2. The molecule has 0 atom stereocenters. The van der Waals surface area contributed by atoms with Crippen LogP contribution < -0.4 is 0 Å². The third kappa shape index (κ3) is 4.22. The zero-order chi connectivity index (χ0) is 12.6. The number of benzene rings is 1. The SMILES string of the molecule is CCCCC(C#Cc1ccccc1)(OC)OC. The summed E-state index contributed by atoms with van der Waals surface area (Å²) in [4.78, 5) is 0. The second-order valence-electron chi connectivity index (χ2n) is 3.88. The molecular weight excluding hydrogens is 212 g/mol. The van der Waals surface area contributed by atoms with Gasteiger partial charge in [0, 0.05) is 26.2 Å². The van der Waals surface area contributed by atoms with Crippen molar-refractivity contribution in [3.8, 4) is 11.8 Å². The first-order chi connectivity index (χ1) is 8.26. The number of methoxy groups -OCH3 is 2. The van der Waals surface area contributed by atoms with E-state index in [1.165, 1.54) is 0 Å². The van der Waals surface area contributed by atoms with E-state index in [9.17, 15) is 0 Å². The molecule has 0 aromatic heterocycles. The third-order valence-corrected chi connectivity index (χ3v) is 2.69. The summed E-state index contributed by atoms with van der Waals surface area (Å²) in [5.74, 6) is 5.41. The van der Waals surface area contributed by atoms with Gasteiger partial charge in [-0.1, -0.05) is 37.5 Å². The second kappa shape index (κ2) is 7.11. The van der Waals surface area contributed by atoms with Crippen molar-refractivity contribution in [1.29, 1.82) is 0 Å². The van der Waals surface area contributed by atoms with Crippen LogP contribution in [0.4, 0.5) is 0 Å². The topological polar surface area (TPSA) is 18.5 Å². The summed E-state index contributed by atoms with van der Waals surface area (Å²) in [5, 5.41) is 0. The molecule has 2 heteroatoms. The van der Waals surface area contributed by atoms with Crippen molar-refractivity contribution in [2.75, 3.05) is 14.2 Å². The molecule has 92 valence electrons. The van der Waals surface area contributed by atoms with Crippen molar-refractivity contribution >= 4 is 0 Å². The molecule has 0 bridgehead atoms. The summed E-state index contributed by atoms with van der Waals surface area (Å²) >= 11 is 0. The van der Waals surface area contributed by atoms with Crippen LogP contribution in [0.3, 0.4) is 0 Å². The van der Waals surface area contributed by atoms with Crippen molar-refractivity contribution in [3.05, 3.63) is 35.9 Å². The van der Waals surface area contributed by atoms with Crippen LogP contribution in [0, 0.1) is 11.8 Å². The van der Waals surface area contributed by atoms with Crippen LogP contribution in [0.2, 0.25) is 0 Å². The van der Waals surface area contributed by atoms with E-state index in [0.29, 0.717) is 0 Å². The third-order valence-electron chi connectivity index (χ3n) is 2.69. The van der Waals surface area contributed by atoms with Crippen LogP contribution in [0.15, 0.2) is 30.3 Å². The van der Waals surface area contributed by atoms with E-state index in [4.69, 9.17) is 9.47 Å². The molecule has 0 aliphatic rings. The van der Waals surface area contributed by atoms with E-state index in [0.717, 1.165) is 24.8 Å². The minimum atomic E-state index is -0.772. The standard InChI is InChI=1S/C15H20O2/c1-4-5-12-15(16-2,17-3)13-11-14-9-7-6-8-10-14/h6-10H,4-5,12H2,1-3H3. The molecule has 0 fully saturated rings. The molecule has 0 aliphatic heterocycles. The minimum Gasteiger partial charge on any atom is -0.343 e. The Bertz CT molecular complexity index is 369. The monoisotopic (exact) mass is 232 g/mol. The average Bonchev–Trinajstić information content (AvgIpc) is 2.41.